The lowest BCUT2D eigenvalue weighted by atomic mass is 10.1. The van der Waals surface area contributed by atoms with Crippen molar-refractivity contribution in [3.63, 3.8) is 0 Å². The number of rotatable bonds is 2. The number of nitrogens with two attached hydrogens (primary N) is 1. The average Bonchev–Trinajstić information content (AvgIpc) is 2.87. The van der Waals surface area contributed by atoms with E-state index >= 15 is 0 Å². The number of pyridine rings is 1. The number of nitrogen functional groups attached to an aromatic ring is 1. The number of thiophene rings is 1. The third kappa shape index (κ3) is 2.69. The molecule has 0 aliphatic rings. The van der Waals surface area contributed by atoms with Crippen LogP contribution in [0.25, 0.3) is 21.0 Å². The SMILES string of the molecule is CC.CCOC(=O)c1sc2ccc3ncccc3c2c1N. The Hall–Kier alpha value is -2.14. The van der Waals surface area contributed by atoms with E-state index in [0.29, 0.717) is 17.2 Å². The van der Waals surface area contributed by atoms with Crippen molar-refractivity contribution in [3.8, 4) is 0 Å². The van der Waals surface area contributed by atoms with Crippen molar-refractivity contribution < 1.29 is 9.53 Å². The Morgan fingerprint density at radius 3 is 2.81 bits per heavy atom. The van der Waals surface area contributed by atoms with E-state index in [0.717, 1.165) is 21.0 Å². The Kier molecular flexibility index (Phi) is 4.75. The molecule has 5 heteroatoms. The smallest absolute Gasteiger partial charge is 0.350 e. The third-order valence-corrected chi connectivity index (χ3v) is 4.08. The molecule has 0 saturated heterocycles. The van der Waals surface area contributed by atoms with E-state index in [2.05, 4.69) is 4.98 Å². The number of fused-ring (bicyclic) bond motifs is 3. The molecule has 3 aromatic rings. The molecule has 21 heavy (non-hydrogen) atoms. The van der Waals surface area contributed by atoms with E-state index in [9.17, 15) is 4.79 Å². The summed E-state index contributed by atoms with van der Waals surface area (Å²) in [6.45, 7) is 6.12. The summed E-state index contributed by atoms with van der Waals surface area (Å²) in [6.07, 6.45) is 1.74. The van der Waals surface area contributed by atoms with Gasteiger partial charge in [0.15, 0.2) is 0 Å². The number of aromatic nitrogens is 1. The molecule has 0 radical (unpaired) electrons. The molecular weight excluding hydrogens is 284 g/mol. The predicted octanol–water partition coefficient (Wildman–Crippen LogP) is 4.23. The number of anilines is 1. The normalized spacial score (nSPS) is 10.2. The minimum Gasteiger partial charge on any atom is -0.462 e. The zero-order valence-electron chi connectivity index (χ0n) is 12.3. The van der Waals surface area contributed by atoms with E-state index in [1.54, 1.807) is 13.1 Å². The first kappa shape index (κ1) is 15.3. The standard InChI is InChI=1S/C14H12N2O2S.C2H6/c1-2-18-14(17)13-12(15)11-8-4-3-7-16-9(8)5-6-10(11)19-13;1-2/h3-7H,2,15H2,1H3;1-2H3. The van der Waals surface area contributed by atoms with Crippen LogP contribution in [0.4, 0.5) is 5.69 Å². The van der Waals surface area contributed by atoms with Crippen LogP contribution in [0.15, 0.2) is 30.5 Å². The van der Waals surface area contributed by atoms with Crippen molar-refractivity contribution in [1.82, 2.24) is 4.98 Å². The topological polar surface area (TPSA) is 65.2 Å². The number of ether oxygens (including phenoxy) is 1. The van der Waals surface area contributed by atoms with Crippen molar-refractivity contribution in [2.45, 2.75) is 20.8 Å². The highest BCUT2D eigenvalue weighted by Gasteiger charge is 2.18. The van der Waals surface area contributed by atoms with Gasteiger partial charge in [0, 0.05) is 21.7 Å². The summed E-state index contributed by atoms with van der Waals surface area (Å²) in [4.78, 5) is 16.6. The van der Waals surface area contributed by atoms with Crippen LogP contribution in [0.5, 0.6) is 0 Å². The molecule has 0 saturated carbocycles. The van der Waals surface area contributed by atoms with Gasteiger partial charge in [-0.3, -0.25) is 4.98 Å². The second-order valence-corrected chi connectivity index (χ2v) is 5.13. The van der Waals surface area contributed by atoms with Crippen LogP contribution in [0, 0.1) is 0 Å². The van der Waals surface area contributed by atoms with Gasteiger partial charge in [-0.15, -0.1) is 11.3 Å². The van der Waals surface area contributed by atoms with Crippen LogP contribution in [0.3, 0.4) is 0 Å². The van der Waals surface area contributed by atoms with Crippen molar-refractivity contribution in [3.05, 3.63) is 35.3 Å². The van der Waals surface area contributed by atoms with Gasteiger partial charge in [-0.25, -0.2) is 4.79 Å². The third-order valence-electron chi connectivity index (χ3n) is 2.93. The van der Waals surface area contributed by atoms with Crippen LogP contribution in [0.1, 0.15) is 30.4 Å². The summed E-state index contributed by atoms with van der Waals surface area (Å²) in [6, 6.07) is 7.70. The lowest BCUT2D eigenvalue weighted by Gasteiger charge is -2.01. The summed E-state index contributed by atoms with van der Waals surface area (Å²) >= 11 is 1.36. The molecule has 0 unspecified atom stereocenters. The van der Waals surface area contributed by atoms with E-state index in [1.165, 1.54) is 11.3 Å². The van der Waals surface area contributed by atoms with Gasteiger partial charge in [0.1, 0.15) is 4.88 Å². The lowest BCUT2D eigenvalue weighted by molar-refractivity contribution is 0.0533. The minimum atomic E-state index is -0.363. The van der Waals surface area contributed by atoms with Gasteiger partial charge >= 0.3 is 5.97 Å². The van der Waals surface area contributed by atoms with Crippen molar-refractivity contribution in [2.24, 2.45) is 0 Å². The molecular formula is C16H18N2O2S. The molecule has 0 bridgehead atoms. The monoisotopic (exact) mass is 302 g/mol. The first-order valence-electron chi connectivity index (χ1n) is 6.95. The first-order valence-corrected chi connectivity index (χ1v) is 7.77. The van der Waals surface area contributed by atoms with Gasteiger partial charge in [-0.1, -0.05) is 19.9 Å². The summed E-state index contributed by atoms with van der Waals surface area (Å²) in [5, 5.41) is 1.85. The zero-order chi connectivity index (χ0) is 15.4. The molecule has 0 spiro atoms. The van der Waals surface area contributed by atoms with Gasteiger partial charge in [-0.05, 0) is 25.1 Å². The van der Waals surface area contributed by atoms with Crippen LogP contribution in [-0.2, 0) is 4.74 Å². The number of benzene rings is 1. The lowest BCUT2D eigenvalue weighted by Crippen LogP contribution is -2.04. The molecule has 2 heterocycles. The number of carbonyl (C=O) groups excluding carboxylic acids is 1. The van der Waals surface area contributed by atoms with Crippen LogP contribution in [0.2, 0.25) is 0 Å². The fourth-order valence-corrected chi connectivity index (χ4v) is 3.15. The molecule has 1 aromatic carbocycles. The second kappa shape index (κ2) is 6.54. The van der Waals surface area contributed by atoms with Gasteiger partial charge in [0.2, 0.25) is 0 Å². The first-order chi connectivity index (χ1) is 10.2. The van der Waals surface area contributed by atoms with Crippen LogP contribution >= 0.6 is 11.3 Å². The molecule has 110 valence electrons. The van der Waals surface area contributed by atoms with Crippen LogP contribution in [-0.4, -0.2) is 17.6 Å². The van der Waals surface area contributed by atoms with E-state index in [-0.39, 0.29) is 5.97 Å². The highest BCUT2D eigenvalue weighted by atomic mass is 32.1. The van der Waals surface area contributed by atoms with E-state index in [1.807, 2.05) is 38.1 Å². The van der Waals surface area contributed by atoms with Gasteiger partial charge in [0.25, 0.3) is 0 Å². The molecule has 4 nitrogen and oxygen atoms in total. The number of esters is 1. The molecule has 0 aliphatic heterocycles. The Balaban J connectivity index is 0.000000774. The summed E-state index contributed by atoms with van der Waals surface area (Å²) in [7, 11) is 0. The molecule has 2 N–H and O–H groups in total. The highest BCUT2D eigenvalue weighted by molar-refractivity contribution is 7.21. The predicted molar refractivity (Wildman–Crippen MR) is 88.8 cm³/mol. The van der Waals surface area contributed by atoms with Gasteiger partial charge < -0.3 is 10.5 Å². The summed E-state index contributed by atoms with van der Waals surface area (Å²) in [5.41, 5.74) is 7.47. The fraction of sp³-hybridized carbons (Fsp3) is 0.250. The Morgan fingerprint density at radius 2 is 2.10 bits per heavy atom. The Labute approximate surface area is 127 Å². The van der Waals surface area contributed by atoms with Crippen molar-refractivity contribution >= 4 is 44.0 Å². The van der Waals surface area contributed by atoms with E-state index < -0.39 is 0 Å². The molecule has 0 fully saturated rings. The average molecular weight is 302 g/mol. The largest absolute Gasteiger partial charge is 0.462 e. The zero-order valence-corrected chi connectivity index (χ0v) is 13.2. The number of hydrogen-bond donors (Lipinski definition) is 1. The minimum absolute atomic E-state index is 0.342. The maximum Gasteiger partial charge on any atom is 0.350 e. The summed E-state index contributed by atoms with van der Waals surface area (Å²) in [5.74, 6) is -0.363. The Bertz CT molecular complexity index is 780. The quantitative estimate of drug-likeness (QED) is 0.719. The maximum atomic E-state index is 11.9. The Morgan fingerprint density at radius 1 is 1.33 bits per heavy atom. The highest BCUT2D eigenvalue weighted by Crippen LogP contribution is 2.38. The fourth-order valence-electron chi connectivity index (χ4n) is 2.12. The van der Waals surface area contributed by atoms with Crippen molar-refractivity contribution in [1.29, 1.82) is 0 Å². The molecule has 0 amide bonds. The van der Waals surface area contributed by atoms with Gasteiger partial charge in [-0.2, -0.15) is 0 Å². The second-order valence-electron chi connectivity index (χ2n) is 4.07. The molecule has 0 atom stereocenters. The van der Waals surface area contributed by atoms with Crippen LogP contribution < -0.4 is 5.73 Å². The molecule has 3 rings (SSSR count). The summed E-state index contributed by atoms with van der Waals surface area (Å²) < 4.78 is 6.00. The number of hydrogen-bond acceptors (Lipinski definition) is 5. The van der Waals surface area contributed by atoms with Gasteiger partial charge in [0.05, 0.1) is 17.8 Å². The number of nitrogens with zero attached hydrogens (tertiary/aromatic N) is 1. The van der Waals surface area contributed by atoms with Crippen molar-refractivity contribution in [2.75, 3.05) is 12.3 Å². The molecule has 2 aromatic heterocycles. The maximum absolute atomic E-state index is 11.9. The van der Waals surface area contributed by atoms with E-state index in [4.69, 9.17) is 10.5 Å². The molecule has 0 aliphatic carbocycles. The number of carbonyl (C=O) groups is 1.